The van der Waals surface area contributed by atoms with E-state index in [2.05, 4.69) is 176 Å². The maximum Gasteiger partial charge on any atom is 0.164 e. The second kappa shape index (κ2) is 13.6. The normalized spacial score (nSPS) is 11.5. The van der Waals surface area contributed by atoms with E-state index < -0.39 is 0 Å². The van der Waals surface area contributed by atoms with Crippen LogP contribution in [0.4, 0.5) is 0 Å². The average Bonchev–Trinajstić information content (AvgIpc) is 3.69. The monoisotopic (exact) mass is 727 g/mol. The Hall–Kier alpha value is -7.69. The summed E-state index contributed by atoms with van der Waals surface area (Å²) in [6.07, 6.45) is 0. The molecule has 4 nitrogen and oxygen atoms in total. The number of furan rings is 1. The van der Waals surface area contributed by atoms with Crippen LogP contribution >= 0.6 is 0 Å². The number of nitrogens with zero attached hydrogens (tertiary/aromatic N) is 3. The molecule has 0 unspecified atom stereocenters. The van der Waals surface area contributed by atoms with Gasteiger partial charge in [0.15, 0.2) is 17.5 Å². The lowest BCUT2D eigenvalue weighted by atomic mass is 9.96. The van der Waals surface area contributed by atoms with Crippen LogP contribution in [0.3, 0.4) is 0 Å². The van der Waals surface area contributed by atoms with E-state index in [4.69, 9.17) is 19.4 Å². The molecule has 0 radical (unpaired) electrons. The van der Waals surface area contributed by atoms with Crippen LogP contribution in [0, 0.1) is 0 Å². The molecule has 0 bridgehead atoms. The first-order valence-corrected chi connectivity index (χ1v) is 19.2. The first-order valence-electron chi connectivity index (χ1n) is 19.2. The van der Waals surface area contributed by atoms with Gasteiger partial charge in [-0.2, -0.15) is 0 Å². The highest BCUT2D eigenvalue weighted by Gasteiger charge is 2.20. The molecule has 57 heavy (non-hydrogen) atoms. The lowest BCUT2D eigenvalue weighted by Crippen LogP contribution is -2.00. The molecule has 0 saturated heterocycles. The van der Waals surface area contributed by atoms with Crippen molar-refractivity contribution in [2.75, 3.05) is 0 Å². The third-order valence-corrected chi connectivity index (χ3v) is 10.9. The Kier molecular flexibility index (Phi) is 7.78. The van der Waals surface area contributed by atoms with Crippen LogP contribution in [0.15, 0.2) is 205 Å². The van der Waals surface area contributed by atoms with Gasteiger partial charge in [0.05, 0.1) is 0 Å². The maximum atomic E-state index is 6.64. The Morgan fingerprint density at radius 3 is 1.60 bits per heavy atom. The maximum absolute atomic E-state index is 6.64. The molecule has 0 atom stereocenters. The van der Waals surface area contributed by atoms with Crippen LogP contribution in [0.25, 0.3) is 111 Å². The van der Waals surface area contributed by atoms with E-state index in [1.165, 1.54) is 27.3 Å². The molecule has 0 N–H and O–H groups in total. The Morgan fingerprint density at radius 2 is 0.842 bits per heavy atom. The van der Waals surface area contributed by atoms with Crippen LogP contribution < -0.4 is 0 Å². The van der Waals surface area contributed by atoms with Gasteiger partial charge in [0.1, 0.15) is 11.2 Å². The van der Waals surface area contributed by atoms with Gasteiger partial charge >= 0.3 is 0 Å². The van der Waals surface area contributed by atoms with E-state index in [0.29, 0.717) is 17.5 Å². The Bertz CT molecular complexity index is 3280. The summed E-state index contributed by atoms with van der Waals surface area (Å²) in [6, 6.07) is 69.9. The van der Waals surface area contributed by atoms with Crippen molar-refractivity contribution >= 4 is 43.5 Å². The lowest BCUT2D eigenvalue weighted by molar-refractivity contribution is 0.670. The molecule has 4 heteroatoms. The molecule has 0 aliphatic carbocycles. The standard InChI is InChI=1S/C53H33N3O/c1-4-13-34(14-5-1)38-19-10-20-41(31-38)51-54-52(42-29-30-43-40(32-42)28-26-37-25-27-39(33-47(37)43)35-15-6-2-7-16-35)56-53(55-51)46-23-12-24-48-49(46)45-22-11-21-44(50(45)57-48)36-17-8-3-9-18-36/h1-33H. The molecular weight excluding hydrogens is 695 g/mol. The van der Waals surface area contributed by atoms with Crippen LogP contribution in [-0.2, 0) is 0 Å². The summed E-state index contributed by atoms with van der Waals surface area (Å²) in [5, 5.41) is 6.71. The predicted molar refractivity (Wildman–Crippen MR) is 235 cm³/mol. The summed E-state index contributed by atoms with van der Waals surface area (Å²) in [7, 11) is 0. The minimum Gasteiger partial charge on any atom is -0.455 e. The van der Waals surface area contributed by atoms with E-state index in [-0.39, 0.29) is 0 Å². The molecule has 0 saturated carbocycles. The van der Waals surface area contributed by atoms with E-state index in [1.807, 2.05) is 24.3 Å². The molecule has 9 aromatic carbocycles. The van der Waals surface area contributed by atoms with Crippen molar-refractivity contribution in [2.45, 2.75) is 0 Å². The number of hydrogen-bond acceptors (Lipinski definition) is 4. The second-order valence-corrected chi connectivity index (χ2v) is 14.4. The molecule has 11 rings (SSSR count). The van der Waals surface area contributed by atoms with Gasteiger partial charge in [-0.1, -0.05) is 176 Å². The predicted octanol–water partition coefficient (Wildman–Crippen LogP) is 14.1. The number of fused-ring (bicyclic) bond motifs is 6. The summed E-state index contributed by atoms with van der Waals surface area (Å²) in [6.45, 7) is 0. The molecule has 0 aliphatic heterocycles. The molecule has 11 aromatic rings. The van der Waals surface area contributed by atoms with Gasteiger partial charge in [0, 0.05) is 33.0 Å². The van der Waals surface area contributed by atoms with E-state index >= 15 is 0 Å². The first-order chi connectivity index (χ1) is 28.2. The van der Waals surface area contributed by atoms with Gasteiger partial charge < -0.3 is 4.42 Å². The summed E-state index contributed by atoms with van der Waals surface area (Å²) in [4.78, 5) is 15.7. The molecule has 2 aromatic heterocycles. The lowest BCUT2D eigenvalue weighted by Gasteiger charge is -2.12. The zero-order chi connectivity index (χ0) is 37.7. The first kappa shape index (κ1) is 32.7. The van der Waals surface area contributed by atoms with E-state index in [9.17, 15) is 0 Å². The zero-order valence-corrected chi connectivity index (χ0v) is 30.8. The van der Waals surface area contributed by atoms with Crippen molar-refractivity contribution in [3.8, 4) is 67.5 Å². The van der Waals surface area contributed by atoms with Crippen molar-refractivity contribution in [3.63, 3.8) is 0 Å². The van der Waals surface area contributed by atoms with E-state index in [1.54, 1.807) is 0 Å². The fraction of sp³-hybridized carbons (Fsp3) is 0. The van der Waals surface area contributed by atoms with Gasteiger partial charge in [0.25, 0.3) is 0 Å². The van der Waals surface area contributed by atoms with Gasteiger partial charge in [-0.25, -0.2) is 15.0 Å². The van der Waals surface area contributed by atoms with Crippen LogP contribution in [0.2, 0.25) is 0 Å². The summed E-state index contributed by atoms with van der Waals surface area (Å²) in [5.41, 5.74) is 11.1. The highest BCUT2D eigenvalue weighted by Crippen LogP contribution is 2.41. The average molecular weight is 728 g/mol. The molecular formula is C53H33N3O. The van der Waals surface area contributed by atoms with Crippen molar-refractivity contribution in [1.29, 1.82) is 0 Å². The van der Waals surface area contributed by atoms with Crippen molar-refractivity contribution in [1.82, 2.24) is 15.0 Å². The zero-order valence-electron chi connectivity index (χ0n) is 30.8. The SMILES string of the molecule is c1ccc(-c2cccc(-c3nc(-c4ccc5c(ccc6ccc(-c7ccccc7)cc65)c4)nc(-c4cccc5oc6c(-c7ccccc7)cccc6c45)n3)c2)cc1. The fourth-order valence-corrected chi connectivity index (χ4v) is 8.11. The molecule has 2 heterocycles. The van der Waals surface area contributed by atoms with Gasteiger partial charge in [-0.3, -0.25) is 0 Å². The highest BCUT2D eigenvalue weighted by atomic mass is 16.3. The molecule has 266 valence electrons. The molecule has 0 aliphatic rings. The summed E-state index contributed by atoms with van der Waals surface area (Å²) < 4.78 is 6.64. The molecule has 0 amide bonds. The number of benzene rings is 9. The minimum absolute atomic E-state index is 0.588. The fourth-order valence-electron chi connectivity index (χ4n) is 8.11. The van der Waals surface area contributed by atoms with Gasteiger partial charge in [0.2, 0.25) is 0 Å². The Labute approximate surface area is 329 Å². The number of para-hydroxylation sites is 1. The Morgan fingerprint density at radius 1 is 0.298 bits per heavy atom. The quantitative estimate of drug-likeness (QED) is 0.160. The van der Waals surface area contributed by atoms with Crippen LogP contribution in [-0.4, -0.2) is 15.0 Å². The number of rotatable bonds is 6. The third kappa shape index (κ3) is 5.83. The second-order valence-electron chi connectivity index (χ2n) is 14.4. The van der Waals surface area contributed by atoms with Crippen molar-refractivity contribution in [3.05, 3.63) is 200 Å². The third-order valence-electron chi connectivity index (χ3n) is 10.9. The van der Waals surface area contributed by atoms with Crippen LogP contribution in [0.5, 0.6) is 0 Å². The smallest absolute Gasteiger partial charge is 0.164 e. The van der Waals surface area contributed by atoms with Crippen molar-refractivity contribution < 1.29 is 4.42 Å². The number of hydrogen-bond donors (Lipinski definition) is 0. The highest BCUT2D eigenvalue weighted by molar-refractivity contribution is 6.15. The van der Waals surface area contributed by atoms with Gasteiger partial charge in [-0.05, 0) is 73.6 Å². The summed E-state index contributed by atoms with van der Waals surface area (Å²) in [5.74, 6) is 1.80. The summed E-state index contributed by atoms with van der Waals surface area (Å²) >= 11 is 0. The van der Waals surface area contributed by atoms with E-state index in [0.717, 1.165) is 66.3 Å². The van der Waals surface area contributed by atoms with Gasteiger partial charge in [-0.15, -0.1) is 0 Å². The number of aromatic nitrogens is 3. The Balaban J connectivity index is 1.11. The molecule has 0 fully saturated rings. The minimum atomic E-state index is 0.588. The van der Waals surface area contributed by atoms with Crippen LogP contribution in [0.1, 0.15) is 0 Å². The molecule has 0 spiro atoms. The topological polar surface area (TPSA) is 51.8 Å². The van der Waals surface area contributed by atoms with Crippen molar-refractivity contribution in [2.24, 2.45) is 0 Å². The largest absolute Gasteiger partial charge is 0.455 e.